The zero-order chi connectivity index (χ0) is 14.5. The Balaban J connectivity index is 2.82. The van der Waals surface area contributed by atoms with Gasteiger partial charge in [0, 0.05) is 26.2 Å². The molecule has 1 rings (SSSR count). The van der Waals surface area contributed by atoms with Crippen LogP contribution in [0.3, 0.4) is 0 Å². The quantitative estimate of drug-likeness (QED) is 0.804. The van der Waals surface area contributed by atoms with Gasteiger partial charge in [0.1, 0.15) is 0 Å². The molecule has 1 saturated heterocycles. The Bertz CT molecular complexity index is 360. The lowest BCUT2D eigenvalue weighted by Crippen LogP contribution is -2.48. The largest absolute Gasteiger partial charge is 0.330 e. The van der Waals surface area contributed by atoms with Gasteiger partial charge in [-0.15, -0.1) is 0 Å². The van der Waals surface area contributed by atoms with Crippen LogP contribution in [0.15, 0.2) is 0 Å². The predicted molar refractivity (Wildman–Crippen MR) is 79.0 cm³/mol. The summed E-state index contributed by atoms with van der Waals surface area (Å²) < 4.78 is 28.6. The molecule has 1 aliphatic heterocycles. The molecule has 19 heavy (non-hydrogen) atoms. The van der Waals surface area contributed by atoms with Crippen LogP contribution in [-0.2, 0) is 10.2 Å². The Kier molecular flexibility index (Phi) is 6.23. The summed E-state index contributed by atoms with van der Waals surface area (Å²) in [6.07, 6.45) is 4.20. The summed E-state index contributed by atoms with van der Waals surface area (Å²) in [6.45, 7) is 8.69. The van der Waals surface area contributed by atoms with Gasteiger partial charge >= 0.3 is 0 Å². The number of hydrogen-bond donors (Lipinski definition) is 1. The van der Waals surface area contributed by atoms with E-state index >= 15 is 0 Å². The smallest absolute Gasteiger partial charge is 0.281 e. The molecule has 0 amide bonds. The van der Waals surface area contributed by atoms with E-state index in [0.717, 1.165) is 25.7 Å². The lowest BCUT2D eigenvalue weighted by atomic mass is 9.94. The van der Waals surface area contributed by atoms with Crippen molar-refractivity contribution in [2.24, 2.45) is 11.1 Å². The number of rotatable bonds is 6. The van der Waals surface area contributed by atoms with Crippen molar-refractivity contribution >= 4 is 10.2 Å². The molecule has 0 saturated carbocycles. The Hall–Kier alpha value is -0.170. The van der Waals surface area contributed by atoms with Gasteiger partial charge in [-0.25, -0.2) is 0 Å². The van der Waals surface area contributed by atoms with Crippen LogP contribution in [-0.4, -0.2) is 49.8 Å². The summed E-state index contributed by atoms with van der Waals surface area (Å²) in [5.41, 5.74) is 5.54. The highest BCUT2D eigenvalue weighted by Gasteiger charge is 2.32. The van der Waals surface area contributed by atoms with Gasteiger partial charge in [-0.05, 0) is 24.8 Å². The zero-order valence-corrected chi connectivity index (χ0v) is 13.4. The second-order valence-corrected chi connectivity index (χ2v) is 8.04. The van der Waals surface area contributed by atoms with E-state index in [1.807, 2.05) is 20.8 Å². The van der Waals surface area contributed by atoms with Crippen molar-refractivity contribution in [1.82, 2.24) is 8.61 Å². The van der Waals surface area contributed by atoms with Crippen molar-refractivity contribution in [3.63, 3.8) is 0 Å². The van der Waals surface area contributed by atoms with Crippen molar-refractivity contribution in [3.8, 4) is 0 Å². The first-order valence-corrected chi connectivity index (χ1v) is 8.68. The van der Waals surface area contributed by atoms with Crippen molar-refractivity contribution in [2.45, 2.75) is 46.5 Å². The van der Waals surface area contributed by atoms with Crippen LogP contribution < -0.4 is 5.73 Å². The summed E-state index contributed by atoms with van der Waals surface area (Å²) in [5.74, 6) is 0. The fourth-order valence-corrected chi connectivity index (χ4v) is 4.22. The van der Waals surface area contributed by atoms with Crippen molar-refractivity contribution in [2.75, 3.05) is 32.7 Å². The standard InChI is InChI=1S/C13H29N3O2S/c1-4-15(12-13(2,3)11-14)19(17,18)16-9-7-5-6-8-10-16/h4-12,14H2,1-3H3. The van der Waals surface area contributed by atoms with Gasteiger partial charge in [-0.2, -0.15) is 17.0 Å². The maximum atomic E-state index is 12.7. The fourth-order valence-electron chi connectivity index (χ4n) is 2.33. The highest BCUT2D eigenvalue weighted by atomic mass is 32.2. The molecular formula is C13H29N3O2S. The molecular weight excluding hydrogens is 262 g/mol. The van der Waals surface area contributed by atoms with E-state index in [-0.39, 0.29) is 5.41 Å². The average Bonchev–Trinajstić information content (AvgIpc) is 2.65. The van der Waals surface area contributed by atoms with E-state index in [2.05, 4.69) is 0 Å². The zero-order valence-electron chi connectivity index (χ0n) is 12.6. The topological polar surface area (TPSA) is 66.6 Å². The molecule has 0 aliphatic carbocycles. The lowest BCUT2D eigenvalue weighted by Gasteiger charge is -2.33. The Labute approximate surface area is 118 Å². The molecule has 114 valence electrons. The van der Waals surface area contributed by atoms with Crippen molar-refractivity contribution in [1.29, 1.82) is 0 Å². The molecule has 0 aromatic rings. The van der Waals surface area contributed by atoms with Crippen LogP contribution >= 0.6 is 0 Å². The van der Waals surface area contributed by atoms with Crippen molar-refractivity contribution in [3.05, 3.63) is 0 Å². The molecule has 0 spiro atoms. The van der Waals surface area contributed by atoms with Crippen LogP contribution in [0.4, 0.5) is 0 Å². The van der Waals surface area contributed by atoms with E-state index in [1.54, 1.807) is 8.61 Å². The molecule has 0 aromatic carbocycles. The third-order valence-electron chi connectivity index (χ3n) is 3.73. The SMILES string of the molecule is CCN(CC(C)(C)CN)S(=O)(=O)N1CCCCCC1. The lowest BCUT2D eigenvalue weighted by molar-refractivity contribution is 0.255. The van der Waals surface area contributed by atoms with Crippen LogP contribution in [0, 0.1) is 5.41 Å². The fraction of sp³-hybridized carbons (Fsp3) is 1.00. The van der Waals surface area contributed by atoms with E-state index in [4.69, 9.17) is 5.73 Å². The van der Waals surface area contributed by atoms with E-state index in [1.165, 1.54) is 0 Å². The Morgan fingerprint density at radius 2 is 1.68 bits per heavy atom. The average molecular weight is 291 g/mol. The molecule has 0 bridgehead atoms. The van der Waals surface area contributed by atoms with Crippen LogP contribution in [0.5, 0.6) is 0 Å². The van der Waals surface area contributed by atoms with Gasteiger partial charge in [0.05, 0.1) is 0 Å². The van der Waals surface area contributed by atoms with Gasteiger partial charge in [-0.3, -0.25) is 0 Å². The van der Waals surface area contributed by atoms with Gasteiger partial charge in [-0.1, -0.05) is 33.6 Å². The molecule has 6 heteroatoms. The molecule has 0 radical (unpaired) electrons. The summed E-state index contributed by atoms with van der Waals surface area (Å²) in [6, 6.07) is 0. The molecule has 2 N–H and O–H groups in total. The third-order valence-corrected chi connectivity index (χ3v) is 5.78. The number of hydrogen-bond acceptors (Lipinski definition) is 3. The minimum absolute atomic E-state index is 0.186. The normalized spacial score (nSPS) is 19.6. The first-order chi connectivity index (χ1) is 8.83. The maximum absolute atomic E-state index is 12.7. The molecule has 5 nitrogen and oxygen atoms in total. The first kappa shape index (κ1) is 16.9. The third kappa shape index (κ3) is 4.70. The molecule has 0 aromatic heterocycles. The molecule has 1 fully saturated rings. The Morgan fingerprint density at radius 3 is 2.11 bits per heavy atom. The van der Waals surface area contributed by atoms with Crippen LogP contribution in [0.2, 0.25) is 0 Å². The summed E-state index contributed by atoms with van der Waals surface area (Å²) >= 11 is 0. The van der Waals surface area contributed by atoms with Gasteiger partial charge < -0.3 is 5.73 Å². The number of nitrogens with zero attached hydrogens (tertiary/aromatic N) is 2. The second kappa shape index (κ2) is 7.02. The monoisotopic (exact) mass is 291 g/mol. The highest BCUT2D eigenvalue weighted by Crippen LogP contribution is 2.21. The van der Waals surface area contributed by atoms with Crippen LogP contribution in [0.1, 0.15) is 46.5 Å². The minimum Gasteiger partial charge on any atom is -0.330 e. The van der Waals surface area contributed by atoms with E-state index < -0.39 is 10.2 Å². The van der Waals surface area contributed by atoms with Crippen LogP contribution in [0.25, 0.3) is 0 Å². The molecule has 0 atom stereocenters. The van der Waals surface area contributed by atoms with Gasteiger partial charge in [0.2, 0.25) is 0 Å². The van der Waals surface area contributed by atoms with Gasteiger partial charge in [0.15, 0.2) is 0 Å². The maximum Gasteiger partial charge on any atom is 0.281 e. The Morgan fingerprint density at radius 1 is 1.16 bits per heavy atom. The predicted octanol–water partition coefficient (Wildman–Crippen LogP) is 1.41. The summed E-state index contributed by atoms with van der Waals surface area (Å²) in [7, 11) is -3.33. The van der Waals surface area contributed by atoms with E-state index in [0.29, 0.717) is 32.7 Å². The van der Waals surface area contributed by atoms with Gasteiger partial charge in [0.25, 0.3) is 10.2 Å². The highest BCUT2D eigenvalue weighted by molar-refractivity contribution is 7.86. The van der Waals surface area contributed by atoms with E-state index in [9.17, 15) is 8.42 Å². The summed E-state index contributed by atoms with van der Waals surface area (Å²) in [5, 5.41) is 0. The van der Waals surface area contributed by atoms with Crippen molar-refractivity contribution < 1.29 is 8.42 Å². The second-order valence-electron chi connectivity index (χ2n) is 6.12. The summed E-state index contributed by atoms with van der Waals surface area (Å²) in [4.78, 5) is 0. The minimum atomic E-state index is -3.33. The first-order valence-electron chi connectivity index (χ1n) is 7.29. The number of nitrogens with two attached hydrogens (primary N) is 1. The molecule has 1 aliphatic rings. The molecule has 1 heterocycles. The molecule has 0 unspecified atom stereocenters.